The summed E-state index contributed by atoms with van der Waals surface area (Å²) in [6, 6.07) is 14.0. The zero-order chi connectivity index (χ0) is 20.4. The highest BCUT2D eigenvalue weighted by atomic mass is 32.2. The average Bonchev–Trinajstić information content (AvgIpc) is 3.52. The maximum atomic E-state index is 12.7. The van der Waals surface area contributed by atoms with Gasteiger partial charge < -0.3 is 5.32 Å². The van der Waals surface area contributed by atoms with Crippen molar-refractivity contribution in [2.45, 2.75) is 30.7 Å². The van der Waals surface area contributed by atoms with Gasteiger partial charge in [-0.3, -0.25) is 4.79 Å². The van der Waals surface area contributed by atoms with Crippen molar-refractivity contribution in [3.05, 3.63) is 72.1 Å². The summed E-state index contributed by atoms with van der Waals surface area (Å²) in [6.07, 6.45) is 4.74. The molecule has 148 valence electrons. The van der Waals surface area contributed by atoms with Crippen molar-refractivity contribution in [3.63, 3.8) is 0 Å². The first kappa shape index (κ1) is 19.2. The molecule has 1 aromatic heterocycles. The summed E-state index contributed by atoms with van der Waals surface area (Å²) in [5.74, 6) is 0.140. The van der Waals surface area contributed by atoms with E-state index in [0.717, 1.165) is 18.4 Å². The number of hydrogen-bond acceptors (Lipinski definition) is 5. The van der Waals surface area contributed by atoms with Crippen LogP contribution in [0.1, 0.15) is 28.8 Å². The van der Waals surface area contributed by atoms with E-state index in [1.54, 1.807) is 13.0 Å². The normalized spacial score (nSPS) is 13.8. The zero-order valence-corrected chi connectivity index (χ0v) is 16.6. The summed E-state index contributed by atoms with van der Waals surface area (Å²) in [5, 5.41) is 2.73. The Hall–Kier alpha value is -3.10. The molecule has 2 N–H and O–H groups in total. The van der Waals surface area contributed by atoms with Gasteiger partial charge in [0.05, 0.1) is 23.0 Å². The molecule has 2 aromatic carbocycles. The Morgan fingerprint density at radius 3 is 2.38 bits per heavy atom. The molecule has 0 bridgehead atoms. The number of sulfonamides is 1. The van der Waals surface area contributed by atoms with Gasteiger partial charge in [0, 0.05) is 17.2 Å². The predicted octanol–water partition coefficient (Wildman–Crippen LogP) is 3.15. The van der Waals surface area contributed by atoms with E-state index in [4.69, 9.17) is 0 Å². The molecule has 1 aliphatic carbocycles. The summed E-state index contributed by atoms with van der Waals surface area (Å²) >= 11 is 0. The fourth-order valence-corrected chi connectivity index (χ4v) is 4.16. The fourth-order valence-electron chi connectivity index (χ4n) is 2.83. The van der Waals surface area contributed by atoms with Crippen molar-refractivity contribution in [2.75, 3.05) is 5.32 Å². The molecule has 0 unspecified atom stereocenters. The Labute approximate surface area is 169 Å². The van der Waals surface area contributed by atoms with Crippen molar-refractivity contribution in [1.82, 2.24) is 14.7 Å². The van der Waals surface area contributed by atoms with Crippen molar-refractivity contribution in [2.24, 2.45) is 0 Å². The Balaban J connectivity index is 1.53. The number of carbonyl (C=O) groups excluding carboxylic acids is 1. The maximum Gasteiger partial charge on any atom is 0.256 e. The second-order valence-corrected chi connectivity index (χ2v) is 8.70. The van der Waals surface area contributed by atoms with Crippen molar-refractivity contribution in [3.8, 4) is 11.4 Å². The quantitative estimate of drug-likeness (QED) is 0.652. The third-order valence-electron chi connectivity index (χ3n) is 4.60. The molecule has 1 amide bonds. The molecule has 0 spiro atoms. The smallest absolute Gasteiger partial charge is 0.256 e. The highest BCUT2D eigenvalue weighted by Gasteiger charge is 2.28. The van der Waals surface area contributed by atoms with E-state index in [9.17, 15) is 13.2 Å². The van der Waals surface area contributed by atoms with Gasteiger partial charge in [0.15, 0.2) is 5.82 Å². The van der Waals surface area contributed by atoms with E-state index in [1.165, 1.54) is 24.5 Å². The number of rotatable bonds is 6. The molecule has 4 rings (SSSR count). The number of amides is 1. The molecule has 8 heteroatoms. The molecule has 1 aliphatic rings. The van der Waals surface area contributed by atoms with Crippen LogP contribution in [0, 0.1) is 6.92 Å². The van der Waals surface area contributed by atoms with E-state index >= 15 is 0 Å². The van der Waals surface area contributed by atoms with Gasteiger partial charge in [0.1, 0.15) is 0 Å². The topological polar surface area (TPSA) is 101 Å². The number of anilines is 1. The van der Waals surface area contributed by atoms with Gasteiger partial charge in [0.25, 0.3) is 5.91 Å². The minimum Gasteiger partial charge on any atom is -0.319 e. The number of aryl methyl sites for hydroxylation is 1. The van der Waals surface area contributed by atoms with Crippen LogP contribution in [0.3, 0.4) is 0 Å². The van der Waals surface area contributed by atoms with Crippen LogP contribution < -0.4 is 10.0 Å². The summed E-state index contributed by atoms with van der Waals surface area (Å²) in [6.45, 7) is 1.76. The molecule has 0 saturated heterocycles. The lowest BCUT2D eigenvalue weighted by molar-refractivity contribution is 0.102. The number of nitrogens with zero attached hydrogens (tertiary/aromatic N) is 2. The summed E-state index contributed by atoms with van der Waals surface area (Å²) in [7, 11) is -3.63. The molecule has 29 heavy (non-hydrogen) atoms. The minimum absolute atomic E-state index is 0.00106. The van der Waals surface area contributed by atoms with Crippen molar-refractivity contribution < 1.29 is 13.2 Å². The van der Waals surface area contributed by atoms with Crippen LogP contribution in [0.15, 0.2) is 65.8 Å². The number of hydrogen-bond donors (Lipinski definition) is 2. The van der Waals surface area contributed by atoms with Crippen LogP contribution in [-0.4, -0.2) is 30.3 Å². The van der Waals surface area contributed by atoms with Crippen molar-refractivity contribution >= 4 is 21.6 Å². The highest BCUT2D eigenvalue weighted by molar-refractivity contribution is 7.89. The first-order valence-electron chi connectivity index (χ1n) is 9.24. The lowest BCUT2D eigenvalue weighted by Gasteiger charge is -2.11. The molecule has 7 nitrogen and oxygen atoms in total. The molecule has 1 fully saturated rings. The molecule has 0 atom stereocenters. The lowest BCUT2D eigenvalue weighted by atomic mass is 10.1. The van der Waals surface area contributed by atoms with Crippen LogP contribution in [0.25, 0.3) is 11.4 Å². The zero-order valence-electron chi connectivity index (χ0n) is 15.8. The van der Waals surface area contributed by atoms with E-state index in [-0.39, 0.29) is 16.5 Å². The minimum atomic E-state index is -3.63. The van der Waals surface area contributed by atoms with Crippen LogP contribution in [0.2, 0.25) is 0 Å². The van der Waals surface area contributed by atoms with Gasteiger partial charge >= 0.3 is 0 Å². The predicted molar refractivity (Wildman–Crippen MR) is 110 cm³/mol. The lowest BCUT2D eigenvalue weighted by Crippen LogP contribution is -2.26. The van der Waals surface area contributed by atoms with Gasteiger partial charge in [-0.25, -0.2) is 23.1 Å². The number of nitrogens with one attached hydrogen (secondary N) is 2. The van der Waals surface area contributed by atoms with E-state index in [2.05, 4.69) is 20.0 Å². The first-order valence-corrected chi connectivity index (χ1v) is 10.7. The van der Waals surface area contributed by atoms with Crippen LogP contribution in [-0.2, 0) is 10.0 Å². The Bertz CT molecular complexity index is 1140. The average molecular weight is 408 g/mol. The number of benzene rings is 2. The monoisotopic (exact) mass is 408 g/mol. The molecular weight excluding hydrogens is 388 g/mol. The van der Waals surface area contributed by atoms with Gasteiger partial charge in [-0.15, -0.1) is 0 Å². The van der Waals surface area contributed by atoms with Gasteiger partial charge in [0.2, 0.25) is 10.0 Å². The third kappa shape index (κ3) is 4.49. The van der Waals surface area contributed by atoms with Gasteiger partial charge in [-0.2, -0.15) is 0 Å². The van der Waals surface area contributed by atoms with Gasteiger partial charge in [-0.1, -0.05) is 36.4 Å². The van der Waals surface area contributed by atoms with Crippen LogP contribution in [0.5, 0.6) is 0 Å². The summed E-state index contributed by atoms with van der Waals surface area (Å²) in [4.78, 5) is 21.4. The Morgan fingerprint density at radius 2 is 1.72 bits per heavy atom. The van der Waals surface area contributed by atoms with Crippen molar-refractivity contribution in [1.29, 1.82) is 0 Å². The Morgan fingerprint density at radius 1 is 1.03 bits per heavy atom. The van der Waals surface area contributed by atoms with Crippen LogP contribution in [0.4, 0.5) is 5.69 Å². The largest absolute Gasteiger partial charge is 0.319 e. The van der Waals surface area contributed by atoms with E-state index in [1.807, 2.05) is 30.3 Å². The van der Waals surface area contributed by atoms with E-state index in [0.29, 0.717) is 17.1 Å². The van der Waals surface area contributed by atoms with Gasteiger partial charge in [-0.05, 0) is 37.5 Å². The summed E-state index contributed by atoms with van der Waals surface area (Å²) in [5.41, 5.74) is 2.27. The molecule has 1 saturated carbocycles. The Kier molecular flexibility index (Phi) is 5.12. The second kappa shape index (κ2) is 7.73. The molecule has 0 aliphatic heterocycles. The van der Waals surface area contributed by atoms with E-state index < -0.39 is 15.9 Å². The molecule has 3 aromatic rings. The molecule has 0 radical (unpaired) electrons. The fraction of sp³-hybridized carbons (Fsp3) is 0.190. The number of carbonyl (C=O) groups is 1. The third-order valence-corrected chi connectivity index (χ3v) is 6.12. The summed E-state index contributed by atoms with van der Waals surface area (Å²) < 4.78 is 27.5. The molecule has 1 heterocycles. The second-order valence-electron chi connectivity index (χ2n) is 6.99. The molecular formula is C21H20N4O3S. The highest BCUT2D eigenvalue weighted by Crippen LogP contribution is 2.24. The first-order chi connectivity index (χ1) is 13.9. The maximum absolute atomic E-state index is 12.7. The number of aromatic nitrogens is 2. The van der Waals surface area contributed by atoms with Crippen LogP contribution >= 0.6 is 0 Å². The SMILES string of the molecule is Cc1ccc(S(=O)(=O)NC2CC2)cc1C(=O)Nc1cnc(-c2ccccc2)nc1. The standard InChI is InChI=1S/C21H20N4O3S/c1-14-7-10-18(29(27,28)25-16-8-9-16)11-19(14)21(26)24-17-12-22-20(23-13-17)15-5-3-2-4-6-15/h2-7,10-13,16,25H,8-9H2,1H3,(H,24,26).